The molecule has 1 atom stereocenters. The van der Waals surface area contributed by atoms with E-state index in [2.05, 4.69) is 46.9 Å². The predicted molar refractivity (Wildman–Crippen MR) is 82.0 cm³/mol. The fourth-order valence-corrected chi connectivity index (χ4v) is 4.79. The van der Waals surface area contributed by atoms with Gasteiger partial charge in [-0.1, -0.05) is 51.5 Å². The van der Waals surface area contributed by atoms with Crippen molar-refractivity contribution in [2.75, 3.05) is 5.33 Å². The van der Waals surface area contributed by atoms with E-state index in [0.717, 1.165) is 5.56 Å². The van der Waals surface area contributed by atoms with Gasteiger partial charge < -0.3 is 0 Å². The molecule has 9 heteroatoms. The first-order valence-corrected chi connectivity index (χ1v) is 9.04. The highest BCUT2D eigenvalue weighted by Crippen LogP contribution is 2.22. The van der Waals surface area contributed by atoms with Gasteiger partial charge in [-0.05, 0) is 21.5 Å². The normalized spacial score (nSPS) is 13.3. The summed E-state index contributed by atoms with van der Waals surface area (Å²) in [7, 11) is -2.20. The molecular formula is C11H12Br2N4O2S. The maximum atomic E-state index is 12.4. The number of aryl methyl sites for hydroxylation is 1. The Bertz CT molecular complexity index is 668. The number of nitrogens with one attached hydrogen (secondary N) is 1. The van der Waals surface area contributed by atoms with E-state index in [0.29, 0.717) is 5.33 Å². The summed E-state index contributed by atoms with van der Waals surface area (Å²) < 4.78 is 28.9. The molecule has 1 N–H and O–H groups in total. The van der Waals surface area contributed by atoms with Crippen molar-refractivity contribution in [1.29, 1.82) is 0 Å². The van der Waals surface area contributed by atoms with E-state index in [1.807, 2.05) is 30.3 Å². The number of sulfonamides is 1. The zero-order chi connectivity index (χ0) is 14.8. The topological polar surface area (TPSA) is 76.9 Å². The molecular weight excluding hydrogens is 412 g/mol. The molecule has 0 spiro atoms. The first-order chi connectivity index (χ1) is 9.45. The SMILES string of the molecule is Cn1nnc(Br)c1S(=O)(=O)NC(CBr)c1ccccc1. The van der Waals surface area contributed by atoms with Crippen molar-refractivity contribution in [2.45, 2.75) is 11.1 Å². The highest BCUT2D eigenvalue weighted by atomic mass is 79.9. The largest absolute Gasteiger partial charge is 0.261 e. The molecule has 1 heterocycles. The summed E-state index contributed by atoms with van der Waals surface area (Å²) in [6.07, 6.45) is 0. The number of hydrogen-bond acceptors (Lipinski definition) is 4. The van der Waals surface area contributed by atoms with E-state index in [4.69, 9.17) is 0 Å². The van der Waals surface area contributed by atoms with E-state index in [9.17, 15) is 8.42 Å². The zero-order valence-electron chi connectivity index (χ0n) is 10.5. The van der Waals surface area contributed by atoms with Crippen LogP contribution >= 0.6 is 31.9 Å². The van der Waals surface area contributed by atoms with Crippen molar-refractivity contribution in [3.05, 3.63) is 40.5 Å². The second kappa shape index (κ2) is 6.33. The molecule has 0 fully saturated rings. The predicted octanol–water partition coefficient (Wildman–Crippen LogP) is 1.99. The van der Waals surface area contributed by atoms with Gasteiger partial charge in [-0.25, -0.2) is 17.8 Å². The molecule has 1 unspecified atom stereocenters. The molecule has 0 bridgehead atoms. The van der Waals surface area contributed by atoms with Crippen LogP contribution in [0.3, 0.4) is 0 Å². The molecule has 1 aromatic heterocycles. The van der Waals surface area contributed by atoms with Crippen molar-refractivity contribution in [3.63, 3.8) is 0 Å². The van der Waals surface area contributed by atoms with Crippen molar-refractivity contribution >= 4 is 41.9 Å². The summed E-state index contributed by atoms with van der Waals surface area (Å²) in [5, 5.41) is 7.82. The molecule has 0 amide bonds. The van der Waals surface area contributed by atoms with Crippen LogP contribution in [0.1, 0.15) is 11.6 Å². The Hall–Kier alpha value is -0.770. The molecule has 2 rings (SSSR count). The minimum Gasteiger partial charge on any atom is -0.235 e. The summed E-state index contributed by atoms with van der Waals surface area (Å²) in [6.45, 7) is 0. The summed E-state index contributed by atoms with van der Waals surface area (Å²) in [4.78, 5) is 0. The monoisotopic (exact) mass is 422 g/mol. The molecule has 6 nitrogen and oxygen atoms in total. The molecule has 0 aliphatic carbocycles. The molecule has 0 aliphatic heterocycles. The van der Waals surface area contributed by atoms with Crippen LogP contribution in [0.2, 0.25) is 0 Å². The van der Waals surface area contributed by atoms with Gasteiger partial charge in [-0.15, -0.1) is 5.10 Å². The van der Waals surface area contributed by atoms with E-state index >= 15 is 0 Å². The molecule has 108 valence electrons. The van der Waals surface area contributed by atoms with Gasteiger partial charge in [0, 0.05) is 12.4 Å². The first-order valence-electron chi connectivity index (χ1n) is 5.64. The number of benzene rings is 1. The van der Waals surface area contributed by atoms with E-state index in [-0.39, 0.29) is 15.7 Å². The van der Waals surface area contributed by atoms with Gasteiger partial charge >= 0.3 is 0 Å². The summed E-state index contributed by atoms with van der Waals surface area (Å²) in [5.74, 6) is 0. The molecule has 0 saturated carbocycles. The summed E-state index contributed by atoms with van der Waals surface area (Å²) in [5.41, 5.74) is 0.874. The lowest BCUT2D eigenvalue weighted by Gasteiger charge is -2.16. The number of aromatic nitrogens is 3. The van der Waals surface area contributed by atoms with E-state index in [1.54, 1.807) is 0 Å². The Morgan fingerprint density at radius 3 is 2.50 bits per heavy atom. The van der Waals surface area contributed by atoms with Crippen LogP contribution in [-0.2, 0) is 17.1 Å². The maximum absolute atomic E-state index is 12.4. The van der Waals surface area contributed by atoms with Crippen LogP contribution < -0.4 is 4.72 Å². The Balaban J connectivity index is 2.32. The maximum Gasteiger partial charge on any atom is 0.261 e. The standard InChI is InChI=1S/C11H12Br2N4O2S/c1-17-11(10(13)14-16-17)20(18,19)15-9(7-12)8-5-3-2-4-6-8/h2-6,9,15H,7H2,1H3. The first kappa shape index (κ1) is 15.6. The third-order valence-corrected chi connectivity index (χ3v) is 5.65. The van der Waals surface area contributed by atoms with Crippen molar-refractivity contribution in [2.24, 2.45) is 7.05 Å². The third kappa shape index (κ3) is 3.27. The Kier molecular flexibility index (Phi) is 4.95. The molecule has 0 saturated heterocycles. The fourth-order valence-electron chi connectivity index (χ4n) is 1.73. The van der Waals surface area contributed by atoms with Crippen LogP contribution in [0.5, 0.6) is 0 Å². The number of alkyl halides is 1. The van der Waals surface area contributed by atoms with Crippen LogP contribution in [0.25, 0.3) is 0 Å². The number of halogens is 2. The summed E-state index contributed by atoms with van der Waals surface area (Å²) in [6, 6.07) is 8.96. The van der Waals surface area contributed by atoms with Gasteiger partial charge in [0.1, 0.15) is 0 Å². The molecule has 2 aromatic rings. The van der Waals surface area contributed by atoms with Crippen molar-refractivity contribution < 1.29 is 8.42 Å². The van der Waals surface area contributed by atoms with Gasteiger partial charge in [-0.3, -0.25) is 0 Å². The van der Waals surface area contributed by atoms with E-state index in [1.165, 1.54) is 11.7 Å². The number of rotatable bonds is 5. The van der Waals surface area contributed by atoms with Crippen LogP contribution in [0, 0.1) is 0 Å². The molecule has 0 aliphatic rings. The minimum absolute atomic E-state index is 0.000573. The van der Waals surface area contributed by atoms with Crippen LogP contribution in [0.4, 0.5) is 0 Å². The molecule has 20 heavy (non-hydrogen) atoms. The summed E-state index contributed by atoms with van der Waals surface area (Å²) >= 11 is 6.42. The third-order valence-electron chi connectivity index (χ3n) is 2.65. The lowest BCUT2D eigenvalue weighted by atomic mass is 10.1. The lowest BCUT2D eigenvalue weighted by Crippen LogP contribution is -2.31. The van der Waals surface area contributed by atoms with E-state index < -0.39 is 10.0 Å². The Morgan fingerprint density at radius 1 is 1.35 bits per heavy atom. The van der Waals surface area contributed by atoms with Gasteiger partial charge in [-0.2, -0.15) is 0 Å². The smallest absolute Gasteiger partial charge is 0.235 e. The second-order valence-electron chi connectivity index (χ2n) is 4.05. The fraction of sp³-hybridized carbons (Fsp3) is 0.273. The average Bonchev–Trinajstić information content (AvgIpc) is 2.77. The van der Waals surface area contributed by atoms with Crippen LogP contribution in [0.15, 0.2) is 40.0 Å². The second-order valence-corrected chi connectivity index (χ2v) is 7.08. The van der Waals surface area contributed by atoms with Crippen LogP contribution in [-0.4, -0.2) is 28.7 Å². The Labute approximate surface area is 133 Å². The zero-order valence-corrected chi connectivity index (χ0v) is 14.5. The lowest BCUT2D eigenvalue weighted by molar-refractivity contribution is 0.549. The van der Waals surface area contributed by atoms with Gasteiger partial charge in [0.2, 0.25) is 5.03 Å². The van der Waals surface area contributed by atoms with Gasteiger partial charge in [0.25, 0.3) is 10.0 Å². The Morgan fingerprint density at radius 2 is 2.00 bits per heavy atom. The van der Waals surface area contributed by atoms with Crippen molar-refractivity contribution in [1.82, 2.24) is 19.7 Å². The number of nitrogens with zero attached hydrogens (tertiary/aromatic N) is 3. The minimum atomic E-state index is -3.73. The highest BCUT2D eigenvalue weighted by molar-refractivity contribution is 9.10. The van der Waals surface area contributed by atoms with Gasteiger partial charge in [0.15, 0.2) is 4.60 Å². The molecule has 0 radical (unpaired) electrons. The van der Waals surface area contributed by atoms with Crippen molar-refractivity contribution in [3.8, 4) is 0 Å². The number of hydrogen-bond donors (Lipinski definition) is 1. The van der Waals surface area contributed by atoms with Gasteiger partial charge in [0.05, 0.1) is 6.04 Å². The molecule has 1 aromatic carbocycles. The quantitative estimate of drug-likeness (QED) is 0.746. The average molecular weight is 424 g/mol. The highest BCUT2D eigenvalue weighted by Gasteiger charge is 2.27.